The highest BCUT2D eigenvalue weighted by atomic mass is 127. The number of rotatable bonds is 5. The zero-order valence-corrected chi connectivity index (χ0v) is 15.9. The van der Waals surface area contributed by atoms with Gasteiger partial charge in [0.05, 0.1) is 0 Å². The Hall–Kier alpha value is 0.310. The Morgan fingerprint density at radius 3 is 2.80 bits per heavy atom. The number of nitrogens with one attached hydrogen (secondary N) is 2. The summed E-state index contributed by atoms with van der Waals surface area (Å²) in [5.74, 6) is 3.07. The summed E-state index contributed by atoms with van der Waals surface area (Å²) in [7, 11) is 2.20. The van der Waals surface area contributed by atoms with Gasteiger partial charge in [-0.3, -0.25) is 4.99 Å². The minimum absolute atomic E-state index is 0. The molecular weight excluding hydrogens is 383 g/mol. The Balaban J connectivity index is 0.00000200. The molecule has 2 aliphatic heterocycles. The second-order valence-electron chi connectivity index (χ2n) is 5.65. The molecule has 0 aromatic heterocycles. The van der Waals surface area contributed by atoms with Crippen molar-refractivity contribution in [3.63, 3.8) is 0 Å². The van der Waals surface area contributed by atoms with Crippen LogP contribution in [0.25, 0.3) is 0 Å². The van der Waals surface area contributed by atoms with Crippen LogP contribution in [0.3, 0.4) is 0 Å². The lowest BCUT2D eigenvalue weighted by molar-refractivity contribution is 0.397. The van der Waals surface area contributed by atoms with Crippen LogP contribution in [-0.4, -0.2) is 61.6 Å². The SMILES string of the molecule is CCNC(=NCC1CCN(C)C1)NCC1CCCS1.I. The Morgan fingerprint density at radius 2 is 2.20 bits per heavy atom. The third kappa shape index (κ3) is 6.39. The van der Waals surface area contributed by atoms with Gasteiger partial charge in [-0.25, -0.2) is 0 Å². The molecule has 0 aliphatic carbocycles. The Kier molecular flexibility index (Phi) is 9.28. The van der Waals surface area contributed by atoms with E-state index in [9.17, 15) is 0 Å². The van der Waals surface area contributed by atoms with E-state index in [1.54, 1.807) is 0 Å². The Labute approximate surface area is 144 Å². The van der Waals surface area contributed by atoms with E-state index in [2.05, 4.69) is 41.3 Å². The van der Waals surface area contributed by atoms with Gasteiger partial charge in [-0.05, 0) is 51.4 Å². The molecule has 2 rings (SSSR count). The number of likely N-dealkylation sites (tertiary alicyclic amines) is 1. The van der Waals surface area contributed by atoms with Gasteiger partial charge in [0.15, 0.2) is 5.96 Å². The Morgan fingerprint density at radius 1 is 1.35 bits per heavy atom. The summed E-state index contributed by atoms with van der Waals surface area (Å²) in [4.78, 5) is 7.15. The van der Waals surface area contributed by atoms with Gasteiger partial charge in [0.2, 0.25) is 0 Å². The van der Waals surface area contributed by atoms with Crippen LogP contribution in [0, 0.1) is 5.92 Å². The number of thioether (sulfide) groups is 1. The number of aliphatic imine (C=N–C) groups is 1. The van der Waals surface area contributed by atoms with Crippen LogP contribution in [0.4, 0.5) is 0 Å². The van der Waals surface area contributed by atoms with Gasteiger partial charge >= 0.3 is 0 Å². The van der Waals surface area contributed by atoms with Gasteiger partial charge < -0.3 is 15.5 Å². The van der Waals surface area contributed by atoms with Gasteiger partial charge in [0.1, 0.15) is 0 Å². The highest BCUT2D eigenvalue weighted by molar-refractivity contribution is 14.0. The molecule has 2 saturated heterocycles. The zero-order valence-electron chi connectivity index (χ0n) is 12.7. The largest absolute Gasteiger partial charge is 0.357 e. The van der Waals surface area contributed by atoms with Crippen molar-refractivity contribution in [3.8, 4) is 0 Å². The molecule has 2 atom stereocenters. The number of hydrogen-bond acceptors (Lipinski definition) is 3. The number of halogens is 1. The molecule has 2 N–H and O–H groups in total. The lowest BCUT2D eigenvalue weighted by atomic mass is 10.1. The monoisotopic (exact) mass is 412 g/mol. The normalized spacial score (nSPS) is 27.4. The average Bonchev–Trinajstić information content (AvgIpc) is 3.04. The molecule has 2 unspecified atom stereocenters. The second kappa shape index (κ2) is 10.1. The summed E-state index contributed by atoms with van der Waals surface area (Å²) in [6.45, 7) is 7.50. The van der Waals surface area contributed by atoms with Gasteiger partial charge in [0, 0.05) is 31.4 Å². The average molecular weight is 412 g/mol. The van der Waals surface area contributed by atoms with Crippen LogP contribution in [-0.2, 0) is 0 Å². The fourth-order valence-electron chi connectivity index (χ4n) is 2.75. The molecule has 6 heteroatoms. The number of guanidine groups is 1. The molecule has 0 aromatic rings. The van der Waals surface area contributed by atoms with E-state index in [1.165, 1.54) is 38.1 Å². The van der Waals surface area contributed by atoms with E-state index in [4.69, 9.17) is 4.99 Å². The van der Waals surface area contributed by atoms with E-state index < -0.39 is 0 Å². The fraction of sp³-hybridized carbons (Fsp3) is 0.929. The Bertz CT molecular complexity index is 295. The molecule has 2 fully saturated rings. The fourth-order valence-corrected chi connectivity index (χ4v) is 3.95. The zero-order chi connectivity index (χ0) is 13.5. The molecule has 0 saturated carbocycles. The number of hydrogen-bond donors (Lipinski definition) is 2. The van der Waals surface area contributed by atoms with Crippen LogP contribution >= 0.6 is 35.7 Å². The summed E-state index contributed by atoms with van der Waals surface area (Å²) in [5.41, 5.74) is 0. The highest BCUT2D eigenvalue weighted by Gasteiger charge is 2.19. The maximum Gasteiger partial charge on any atom is 0.191 e. The van der Waals surface area contributed by atoms with Gasteiger partial charge in [-0.2, -0.15) is 11.8 Å². The summed E-state index contributed by atoms with van der Waals surface area (Å²) in [5, 5.41) is 7.64. The molecular formula is C14H29IN4S. The standard InChI is InChI=1S/C14H28N4S.HI/c1-3-15-14(17-10-13-5-4-8-19-13)16-9-12-6-7-18(2)11-12;/h12-13H,3-11H2,1-2H3,(H2,15,16,17);1H. The van der Waals surface area contributed by atoms with Crippen LogP contribution < -0.4 is 10.6 Å². The predicted molar refractivity (Wildman–Crippen MR) is 100 cm³/mol. The molecule has 0 bridgehead atoms. The minimum atomic E-state index is 0. The molecule has 0 radical (unpaired) electrons. The topological polar surface area (TPSA) is 39.7 Å². The van der Waals surface area contributed by atoms with Crippen molar-refractivity contribution in [1.82, 2.24) is 15.5 Å². The van der Waals surface area contributed by atoms with Crippen LogP contribution in [0.5, 0.6) is 0 Å². The van der Waals surface area contributed by atoms with E-state index in [-0.39, 0.29) is 24.0 Å². The quantitative estimate of drug-likeness (QED) is 0.412. The molecule has 118 valence electrons. The van der Waals surface area contributed by atoms with E-state index >= 15 is 0 Å². The van der Waals surface area contributed by atoms with E-state index in [0.717, 1.165) is 36.8 Å². The third-order valence-electron chi connectivity index (χ3n) is 3.86. The molecule has 2 aliphatic rings. The molecule has 0 spiro atoms. The van der Waals surface area contributed by atoms with Crippen molar-refractivity contribution in [2.75, 3.05) is 45.5 Å². The van der Waals surface area contributed by atoms with E-state index in [1.807, 2.05) is 0 Å². The maximum atomic E-state index is 4.75. The lowest BCUT2D eigenvalue weighted by Crippen LogP contribution is -2.40. The molecule has 20 heavy (non-hydrogen) atoms. The number of nitrogens with zero attached hydrogens (tertiary/aromatic N) is 2. The lowest BCUT2D eigenvalue weighted by Gasteiger charge is -2.15. The van der Waals surface area contributed by atoms with E-state index in [0.29, 0.717) is 0 Å². The van der Waals surface area contributed by atoms with Gasteiger partial charge in [-0.1, -0.05) is 0 Å². The summed E-state index contributed by atoms with van der Waals surface area (Å²) in [6, 6.07) is 0. The molecule has 0 aromatic carbocycles. The summed E-state index contributed by atoms with van der Waals surface area (Å²) in [6.07, 6.45) is 4.02. The van der Waals surface area contributed by atoms with Crippen molar-refractivity contribution in [1.29, 1.82) is 0 Å². The molecule has 2 heterocycles. The van der Waals surface area contributed by atoms with Crippen molar-refractivity contribution >= 4 is 41.7 Å². The second-order valence-corrected chi connectivity index (χ2v) is 7.06. The van der Waals surface area contributed by atoms with Crippen LogP contribution in [0.1, 0.15) is 26.2 Å². The van der Waals surface area contributed by atoms with Crippen LogP contribution in [0.2, 0.25) is 0 Å². The maximum absolute atomic E-state index is 4.75. The summed E-state index contributed by atoms with van der Waals surface area (Å²) >= 11 is 2.09. The van der Waals surface area contributed by atoms with Crippen molar-refractivity contribution in [3.05, 3.63) is 0 Å². The van der Waals surface area contributed by atoms with Gasteiger partial charge in [-0.15, -0.1) is 24.0 Å². The molecule has 4 nitrogen and oxygen atoms in total. The predicted octanol–water partition coefficient (Wildman–Crippen LogP) is 2.01. The first-order valence-corrected chi connectivity index (χ1v) is 8.65. The van der Waals surface area contributed by atoms with Crippen molar-refractivity contribution < 1.29 is 0 Å². The summed E-state index contributed by atoms with van der Waals surface area (Å²) < 4.78 is 0. The first-order valence-electron chi connectivity index (χ1n) is 7.60. The molecule has 0 amide bonds. The minimum Gasteiger partial charge on any atom is -0.357 e. The third-order valence-corrected chi connectivity index (χ3v) is 5.26. The van der Waals surface area contributed by atoms with Gasteiger partial charge in [0.25, 0.3) is 0 Å². The van der Waals surface area contributed by atoms with Crippen molar-refractivity contribution in [2.24, 2.45) is 10.9 Å². The highest BCUT2D eigenvalue weighted by Crippen LogP contribution is 2.25. The first kappa shape index (κ1) is 18.4. The first-order chi connectivity index (χ1) is 9.28. The van der Waals surface area contributed by atoms with Crippen LogP contribution in [0.15, 0.2) is 4.99 Å². The van der Waals surface area contributed by atoms with Crippen molar-refractivity contribution in [2.45, 2.75) is 31.4 Å². The smallest absolute Gasteiger partial charge is 0.191 e.